The molecule has 0 saturated carbocycles. The summed E-state index contributed by atoms with van der Waals surface area (Å²) in [6.45, 7) is 0.836. The molecule has 1 fully saturated rings. The van der Waals surface area contributed by atoms with Crippen LogP contribution in [0.15, 0.2) is 17.0 Å². The first-order valence-electron chi connectivity index (χ1n) is 6.64. The van der Waals surface area contributed by atoms with Crippen LogP contribution in [0, 0.1) is 11.6 Å². The van der Waals surface area contributed by atoms with Gasteiger partial charge in [-0.15, -0.1) is 0 Å². The summed E-state index contributed by atoms with van der Waals surface area (Å²) < 4.78 is 53.7. The van der Waals surface area contributed by atoms with Crippen molar-refractivity contribution in [1.29, 1.82) is 0 Å². The van der Waals surface area contributed by atoms with E-state index in [1.165, 1.54) is 4.31 Å². The lowest BCUT2D eigenvalue weighted by Crippen LogP contribution is -2.41. The molecule has 0 aromatic heterocycles. The zero-order valence-corrected chi connectivity index (χ0v) is 12.8. The normalized spacial score (nSPS) is 20.3. The summed E-state index contributed by atoms with van der Waals surface area (Å²) >= 11 is 0. The van der Waals surface area contributed by atoms with Crippen LogP contribution in [0.3, 0.4) is 0 Å². The van der Waals surface area contributed by atoms with E-state index in [1.807, 2.05) is 19.0 Å². The Labute approximate surface area is 123 Å². The second-order valence-corrected chi connectivity index (χ2v) is 7.35. The summed E-state index contributed by atoms with van der Waals surface area (Å²) in [5.41, 5.74) is 5.33. The van der Waals surface area contributed by atoms with E-state index in [2.05, 4.69) is 0 Å². The molecule has 0 radical (unpaired) electrons. The molecule has 1 aliphatic heterocycles. The van der Waals surface area contributed by atoms with Gasteiger partial charge in [0.1, 0.15) is 4.90 Å². The third-order valence-electron chi connectivity index (χ3n) is 3.50. The number of nitrogen functional groups attached to an aromatic ring is 1. The van der Waals surface area contributed by atoms with E-state index in [9.17, 15) is 17.2 Å². The fourth-order valence-electron chi connectivity index (χ4n) is 2.63. The molecular weight excluding hydrogens is 300 g/mol. The Morgan fingerprint density at radius 1 is 1.38 bits per heavy atom. The number of nitrogens with two attached hydrogens (primary N) is 1. The van der Waals surface area contributed by atoms with Crippen LogP contribution < -0.4 is 5.73 Å². The summed E-state index contributed by atoms with van der Waals surface area (Å²) in [5, 5.41) is 0. The second kappa shape index (κ2) is 5.86. The van der Waals surface area contributed by atoms with Gasteiger partial charge >= 0.3 is 0 Å². The van der Waals surface area contributed by atoms with Gasteiger partial charge < -0.3 is 10.6 Å². The van der Waals surface area contributed by atoms with Gasteiger partial charge in [0.05, 0.1) is 0 Å². The van der Waals surface area contributed by atoms with Crippen molar-refractivity contribution in [3.05, 3.63) is 23.8 Å². The molecule has 1 aliphatic rings. The van der Waals surface area contributed by atoms with Crippen molar-refractivity contribution in [3.63, 3.8) is 0 Å². The molecule has 0 bridgehead atoms. The molecule has 2 rings (SSSR count). The van der Waals surface area contributed by atoms with Gasteiger partial charge in [-0.25, -0.2) is 17.2 Å². The van der Waals surface area contributed by atoms with Crippen LogP contribution >= 0.6 is 0 Å². The Hall–Kier alpha value is -1.25. The first kappa shape index (κ1) is 16.1. The fraction of sp³-hybridized carbons (Fsp3) is 0.538. The zero-order chi connectivity index (χ0) is 15.8. The Morgan fingerprint density at radius 3 is 2.67 bits per heavy atom. The van der Waals surface area contributed by atoms with Gasteiger partial charge in [-0.1, -0.05) is 0 Å². The molecule has 0 spiro atoms. The first-order chi connectivity index (χ1) is 9.73. The Balaban J connectivity index is 2.42. The number of anilines is 1. The van der Waals surface area contributed by atoms with E-state index >= 15 is 0 Å². The number of nitrogens with zero attached hydrogens (tertiary/aromatic N) is 2. The lowest BCUT2D eigenvalue weighted by atomic mass is 10.2. The minimum absolute atomic E-state index is 0.115. The monoisotopic (exact) mass is 319 g/mol. The lowest BCUT2D eigenvalue weighted by molar-refractivity contribution is 0.290. The Bertz CT molecular complexity index is 635. The summed E-state index contributed by atoms with van der Waals surface area (Å²) in [6.07, 6.45) is 1.40. The summed E-state index contributed by atoms with van der Waals surface area (Å²) in [5.74, 6) is -2.63. The maximum Gasteiger partial charge on any atom is 0.246 e. The highest BCUT2D eigenvalue weighted by Gasteiger charge is 2.37. The average molecular weight is 319 g/mol. The van der Waals surface area contributed by atoms with Gasteiger partial charge in [0.15, 0.2) is 11.6 Å². The van der Waals surface area contributed by atoms with Crippen molar-refractivity contribution in [2.45, 2.75) is 23.8 Å². The summed E-state index contributed by atoms with van der Waals surface area (Å²) in [4.78, 5) is 1.18. The van der Waals surface area contributed by atoms with E-state index in [-0.39, 0.29) is 11.7 Å². The van der Waals surface area contributed by atoms with E-state index < -0.39 is 26.6 Å². The predicted octanol–water partition coefficient (Wildman–Crippen LogP) is 1.26. The number of hydrogen-bond donors (Lipinski definition) is 1. The predicted molar refractivity (Wildman–Crippen MR) is 76.2 cm³/mol. The Morgan fingerprint density at radius 2 is 2.05 bits per heavy atom. The smallest absolute Gasteiger partial charge is 0.246 e. The zero-order valence-electron chi connectivity index (χ0n) is 12.0. The highest BCUT2D eigenvalue weighted by molar-refractivity contribution is 7.89. The topological polar surface area (TPSA) is 66.6 Å². The average Bonchev–Trinajstić information content (AvgIpc) is 2.81. The molecule has 1 heterocycles. The SMILES string of the molecule is CN(C)CC1CCCN1S(=O)(=O)c1cc(N)cc(F)c1F. The number of likely N-dealkylation sites (N-methyl/N-ethyl adjacent to an activating group) is 1. The van der Waals surface area contributed by atoms with Gasteiger partial charge in [0.2, 0.25) is 10.0 Å². The first-order valence-corrected chi connectivity index (χ1v) is 8.08. The van der Waals surface area contributed by atoms with Gasteiger partial charge in [-0.05, 0) is 39.1 Å². The molecular formula is C13H19F2N3O2S. The second-order valence-electron chi connectivity index (χ2n) is 5.49. The molecule has 0 aliphatic carbocycles. The highest BCUT2D eigenvalue weighted by atomic mass is 32.2. The number of benzene rings is 1. The molecule has 8 heteroatoms. The molecule has 1 aromatic carbocycles. The lowest BCUT2D eigenvalue weighted by Gasteiger charge is -2.26. The van der Waals surface area contributed by atoms with Crippen molar-refractivity contribution < 1.29 is 17.2 Å². The van der Waals surface area contributed by atoms with Crippen molar-refractivity contribution in [2.24, 2.45) is 0 Å². The van der Waals surface area contributed by atoms with Gasteiger partial charge in [-0.2, -0.15) is 4.31 Å². The van der Waals surface area contributed by atoms with E-state index in [1.54, 1.807) is 0 Å². The third kappa shape index (κ3) is 3.17. The number of sulfonamides is 1. The maximum atomic E-state index is 13.9. The molecule has 1 saturated heterocycles. The van der Waals surface area contributed by atoms with Crippen LogP contribution in [0.1, 0.15) is 12.8 Å². The van der Waals surface area contributed by atoms with Crippen molar-refractivity contribution >= 4 is 15.7 Å². The summed E-state index contributed by atoms with van der Waals surface area (Å²) in [7, 11) is -0.423. The van der Waals surface area contributed by atoms with Crippen LogP contribution in [0.5, 0.6) is 0 Å². The summed E-state index contributed by atoms with van der Waals surface area (Å²) in [6, 6.07) is 1.50. The molecule has 1 aromatic rings. The van der Waals surface area contributed by atoms with Crippen molar-refractivity contribution in [1.82, 2.24) is 9.21 Å². The van der Waals surface area contributed by atoms with Gasteiger partial charge in [0.25, 0.3) is 0 Å². The Kier molecular flexibility index (Phi) is 4.50. The molecule has 5 nitrogen and oxygen atoms in total. The van der Waals surface area contributed by atoms with Crippen LogP contribution in [-0.4, -0.2) is 50.8 Å². The van der Waals surface area contributed by atoms with E-state index in [0.717, 1.165) is 12.1 Å². The number of hydrogen-bond acceptors (Lipinski definition) is 4. The largest absolute Gasteiger partial charge is 0.399 e. The molecule has 0 amide bonds. The molecule has 2 N–H and O–H groups in total. The quantitative estimate of drug-likeness (QED) is 0.849. The number of halogens is 2. The van der Waals surface area contributed by atoms with Crippen molar-refractivity contribution in [3.8, 4) is 0 Å². The number of rotatable bonds is 4. The molecule has 118 valence electrons. The van der Waals surface area contributed by atoms with Crippen LogP contribution in [0.25, 0.3) is 0 Å². The highest BCUT2D eigenvalue weighted by Crippen LogP contribution is 2.29. The van der Waals surface area contributed by atoms with Crippen LogP contribution in [-0.2, 0) is 10.0 Å². The third-order valence-corrected chi connectivity index (χ3v) is 5.45. The minimum Gasteiger partial charge on any atom is -0.399 e. The van der Waals surface area contributed by atoms with Crippen LogP contribution in [0.4, 0.5) is 14.5 Å². The minimum atomic E-state index is -4.10. The van der Waals surface area contributed by atoms with Crippen LogP contribution in [0.2, 0.25) is 0 Å². The van der Waals surface area contributed by atoms with E-state index in [4.69, 9.17) is 5.73 Å². The van der Waals surface area contributed by atoms with Gasteiger partial charge in [0, 0.05) is 24.8 Å². The van der Waals surface area contributed by atoms with E-state index in [0.29, 0.717) is 25.9 Å². The maximum absolute atomic E-state index is 13.9. The molecule has 1 unspecified atom stereocenters. The standard InChI is InChI=1S/C13H19F2N3O2S/c1-17(2)8-10-4-3-5-18(10)21(19,20)12-7-9(16)6-11(14)13(12)15/h6-7,10H,3-5,8,16H2,1-2H3. The fourth-order valence-corrected chi connectivity index (χ4v) is 4.42. The molecule has 21 heavy (non-hydrogen) atoms. The van der Waals surface area contributed by atoms with Crippen molar-refractivity contribution in [2.75, 3.05) is 32.9 Å². The van der Waals surface area contributed by atoms with Gasteiger partial charge in [-0.3, -0.25) is 0 Å². The molecule has 1 atom stereocenters.